The Kier molecular flexibility index (Phi) is 2.14. The highest BCUT2D eigenvalue weighted by Gasteiger charge is 2.21. The van der Waals surface area contributed by atoms with E-state index in [1.807, 2.05) is 0 Å². The number of nitrogens with zero attached hydrogens (tertiary/aromatic N) is 1. The minimum Gasteiger partial charge on any atom is -0.437 e. The molecule has 1 aromatic heterocycles. The van der Waals surface area contributed by atoms with Crippen LogP contribution in [0.5, 0.6) is 0 Å². The average molecular weight is 180 g/mol. The Hall–Kier alpha value is -1.16. The monoisotopic (exact) mass is 180 g/mol. The second-order valence-corrected chi connectivity index (χ2v) is 3.31. The van der Waals surface area contributed by atoms with Crippen LogP contribution < -0.4 is 5.32 Å². The van der Waals surface area contributed by atoms with E-state index < -0.39 is 0 Å². The third-order valence-corrected chi connectivity index (χ3v) is 2.28. The summed E-state index contributed by atoms with van der Waals surface area (Å²) in [6, 6.07) is 0. The molecule has 1 aliphatic heterocycles. The van der Waals surface area contributed by atoms with Gasteiger partial charge >= 0.3 is 0 Å². The van der Waals surface area contributed by atoms with Crippen LogP contribution in [0, 0.1) is 0 Å². The summed E-state index contributed by atoms with van der Waals surface area (Å²) in [7, 11) is 0. The minimum atomic E-state index is -0.0651. The van der Waals surface area contributed by atoms with Crippen molar-refractivity contribution in [2.75, 3.05) is 13.1 Å². The van der Waals surface area contributed by atoms with Gasteiger partial charge in [0, 0.05) is 19.4 Å². The van der Waals surface area contributed by atoms with E-state index >= 15 is 0 Å². The number of carbonyl (C=O) groups is 1. The van der Waals surface area contributed by atoms with Gasteiger partial charge in [0.2, 0.25) is 0 Å². The molecular formula is C9H12N2O2. The Labute approximate surface area is 76.3 Å². The van der Waals surface area contributed by atoms with E-state index in [2.05, 4.69) is 10.3 Å². The van der Waals surface area contributed by atoms with Gasteiger partial charge in [-0.1, -0.05) is 0 Å². The highest BCUT2D eigenvalue weighted by atomic mass is 16.4. The lowest BCUT2D eigenvalue weighted by atomic mass is 10.1. The molecule has 1 fully saturated rings. The Morgan fingerprint density at radius 1 is 1.77 bits per heavy atom. The molecule has 0 radical (unpaired) electrons. The van der Waals surface area contributed by atoms with Crippen molar-refractivity contribution in [2.24, 2.45) is 0 Å². The Bertz CT molecular complexity index is 313. The molecule has 1 aliphatic rings. The van der Waals surface area contributed by atoms with Crippen molar-refractivity contribution >= 4 is 5.78 Å². The quantitative estimate of drug-likeness (QED) is 0.688. The van der Waals surface area contributed by atoms with E-state index in [-0.39, 0.29) is 5.78 Å². The molecule has 0 bridgehead atoms. The topological polar surface area (TPSA) is 55.1 Å². The van der Waals surface area contributed by atoms with Gasteiger partial charge in [0.15, 0.2) is 17.4 Å². The molecule has 2 heterocycles. The van der Waals surface area contributed by atoms with E-state index in [9.17, 15) is 4.79 Å². The summed E-state index contributed by atoms with van der Waals surface area (Å²) in [5.74, 6) is 1.33. The lowest BCUT2D eigenvalue weighted by Gasteiger charge is -2.00. The van der Waals surface area contributed by atoms with E-state index in [0.717, 1.165) is 19.5 Å². The predicted molar refractivity (Wildman–Crippen MR) is 46.7 cm³/mol. The van der Waals surface area contributed by atoms with E-state index in [4.69, 9.17) is 4.42 Å². The van der Waals surface area contributed by atoms with Crippen LogP contribution in [-0.4, -0.2) is 23.9 Å². The maximum Gasteiger partial charge on any atom is 0.199 e. The van der Waals surface area contributed by atoms with Crippen molar-refractivity contribution < 1.29 is 9.21 Å². The van der Waals surface area contributed by atoms with Gasteiger partial charge in [-0.2, -0.15) is 0 Å². The van der Waals surface area contributed by atoms with Crippen molar-refractivity contribution in [2.45, 2.75) is 19.3 Å². The van der Waals surface area contributed by atoms with Crippen LogP contribution in [0.2, 0.25) is 0 Å². The molecule has 0 aliphatic carbocycles. The van der Waals surface area contributed by atoms with Gasteiger partial charge in [0.05, 0.1) is 6.20 Å². The molecule has 1 N–H and O–H groups in total. The molecule has 13 heavy (non-hydrogen) atoms. The van der Waals surface area contributed by atoms with Gasteiger partial charge in [0.25, 0.3) is 0 Å². The Morgan fingerprint density at radius 3 is 3.15 bits per heavy atom. The fraction of sp³-hybridized carbons (Fsp3) is 0.556. The summed E-state index contributed by atoms with van der Waals surface area (Å²) < 4.78 is 5.33. The van der Waals surface area contributed by atoms with Crippen LogP contribution in [0.25, 0.3) is 0 Å². The molecule has 2 rings (SSSR count). The average Bonchev–Trinajstić information content (AvgIpc) is 2.75. The van der Waals surface area contributed by atoms with Crippen LogP contribution in [0.4, 0.5) is 0 Å². The van der Waals surface area contributed by atoms with Crippen molar-refractivity contribution in [3.8, 4) is 0 Å². The second-order valence-electron chi connectivity index (χ2n) is 3.31. The first-order chi connectivity index (χ1) is 6.27. The number of Topliss-reactive ketones (excluding diaryl/α,β-unsaturated/α-hetero) is 1. The molecule has 4 nitrogen and oxygen atoms in total. The van der Waals surface area contributed by atoms with E-state index in [1.54, 1.807) is 0 Å². The van der Waals surface area contributed by atoms with Gasteiger partial charge < -0.3 is 9.73 Å². The fourth-order valence-electron chi connectivity index (χ4n) is 1.50. The summed E-state index contributed by atoms with van der Waals surface area (Å²) in [4.78, 5) is 15.0. The number of nitrogens with one attached hydrogen (secondary N) is 1. The van der Waals surface area contributed by atoms with Gasteiger partial charge in [-0.3, -0.25) is 4.79 Å². The van der Waals surface area contributed by atoms with Crippen LogP contribution in [0.15, 0.2) is 10.6 Å². The largest absolute Gasteiger partial charge is 0.437 e. The van der Waals surface area contributed by atoms with Crippen LogP contribution in [0.1, 0.15) is 35.7 Å². The Balaban J connectivity index is 2.16. The molecule has 4 heteroatoms. The number of carbonyl (C=O) groups excluding carboxylic acids is 1. The summed E-state index contributed by atoms with van der Waals surface area (Å²) in [5.41, 5.74) is 0. The highest BCUT2D eigenvalue weighted by molar-refractivity contribution is 5.90. The van der Waals surface area contributed by atoms with Crippen LogP contribution in [0.3, 0.4) is 0 Å². The van der Waals surface area contributed by atoms with Gasteiger partial charge in [-0.25, -0.2) is 4.98 Å². The van der Waals surface area contributed by atoms with Crippen molar-refractivity contribution in [3.05, 3.63) is 17.8 Å². The summed E-state index contributed by atoms with van der Waals surface area (Å²) >= 11 is 0. The zero-order chi connectivity index (χ0) is 9.26. The van der Waals surface area contributed by atoms with Crippen molar-refractivity contribution in [3.63, 3.8) is 0 Å². The second kappa shape index (κ2) is 3.30. The van der Waals surface area contributed by atoms with Crippen molar-refractivity contribution in [1.29, 1.82) is 0 Å². The van der Waals surface area contributed by atoms with Gasteiger partial charge in [-0.05, 0) is 13.0 Å². The SMILES string of the molecule is CC(=O)c1cnc(C2CCNC2)o1. The van der Waals surface area contributed by atoms with E-state index in [1.165, 1.54) is 13.1 Å². The third kappa shape index (κ3) is 1.62. The van der Waals surface area contributed by atoms with Crippen molar-refractivity contribution in [1.82, 2.24) is 10.3 Å². The lowest BCUT2D eigenvalue weighted by molar-refractivity contribution is 0.0985. The molecule has 1 unspecified atom stereocenters. The molecule has 70 valence electrons. The number of oxazole rings is 1. The van der Waals surface area contributed by atoms with Crippen LogP contribution >= 0.6 is 0 Å². The molecule has 0 spiro atoms. The number of rotatable bonds is 2. The highest BCUT2D eigenvalue weighted by Crippen LogP contribution is 2.21. The number of hydrogen-bond acceptors (Lipinski definition) is 4. The molecular weight excluding hydrogens is 168 g/mol. The first-order valence-electron chi connectivity index (χ1n) is 4.45. The van der Waals surface area contributed by atoms with E-state index in [0.29, 0.717) is 17.6 Å². The minimum absolute atomic E-state index is 0.0651. The molecule has 1 atom stereocenters. The number of aromatic nitrogens is 1. The molecule has 1 saturated heterocycles. The Morgan fingerprint density at radius 2 is 2.62 bits per heavy atom. The van der Waals surface area contributed by atoms with Gasteiger partial charge in [0.1, 0.15) is 0 Å². The maximum absolute atomic E-state index is 10.9. The molecule has 1 aromatic rings. The molecule has 0 amide bonds. The number of hydrogen-bond donors (Lipinski definition) is 1. The third-order valence-electron chi connectivity index (χ3n) is 2.28. The standard InChI is InChI=1S/C9H12N2O2/c1-6(12)8-5-11-9(13-8)7-2-3-10-4-7/h5,7,10H,2-4H2,1H3. The fourth-order valence-corrected chi connectivity index (χ4v) is 1.50. The zero-order valence-corrected chi connectivity index (χ0v) is 7.54. The summed E-state index contributed by atoms with van der Waals surface area (Å²) in [6.07, 6.45) is 2.55. The summed E-state index contributed by atoms with van der Waals surface area (Å²) in [5, 5.41) is 3.22. The first-order valence-corrected chi connectivity index (χ1v) is 4.45. The van der Waals surface area contributed by atoms with Crippen LogP contribution in [-0.2, 0) is 0 Å². The van der Waals surface area contributed by atoms with Gasteiger partial charge in [-0.15, -0.1) is 0 Å². The smallest absolute Gasteiger partial charge is 0.199 e. The predicted octanol–water partition coefficient (Wildman–Crippen LogP) is 0.954. The summed E-state index contributed by atoms with van der Waals surface area (Å²) in [6.45, 7) is 3.39. The maximum atomic E-state index is 10.9. The normalized spacial score (nSPS) is 22.1. The lowest BCUT2D eigenvalue weighted by Crippen LogP contribution is -2.07. The number of ketones is 1. The molecule has 0 aromatic carbocycles. The first kappa shape index (κ1) is 8.44. The zero-order valence-electron chi connectivity index (χ0n) is 7.54. The molecule has 0 saturated carbocycles.